The van der Waals surface area contributed by atoms with Gasteiger partial charge in [-0.15, -0.1) is 0 Å². The molecule has 1 N–H and O–H groups in total. The molecule has 3 nitrogen and oxygen atoms in total. The Kier molecular flexibility index (Phi) is 5.09. The molecule has 0 unspecified atom stereocenters. The molecule has 0 aromatic carbocycles. The first-order chi connectivity index (χ1) is 7.60. The molecule has 0 spiro atoms. The molecule has 90 valence electrons. The Morgan fingerprint density at radius 3 is 2.69 bits per heavy atom. The molecule has 0 fully saturated rings. The third kappa shape index (κ3) is 3.12. The molecule has 1 aromatic heterocycles. The molecule has 0 saturated carbocycles. The number of anilines is 1. The predicted molar refractivity (Wildman–Crippen MR) is 71.3 cm³/mol. The van der Waals surface area contributed by atoms with Gasteiger partial charge in [0.2, 0.25) is 0 Å². The minimum Gasteiger partial charge on any atom is -0.392 e. The van der Waals surface area contributed by atoms with Gasteiger partial charge in [0.05, 0.1) is 6.61 Å². The fourth-order valence-electron chi connectivity index (χ4n) is 1.69. The monoisotopic (exact) mass is 240 g/mol. The average Bonchev–Trinajstić information content (AvgIpc) is 2.24. The summed E-state index contributed by atoms with van der Waals surface area (Å²) in [6.45, 7) is 5.01. The van der Waals surface area contributed by atoms with E-state index < -0.39 is 0 Å². The van der Waals surface area contributed by atoms with Crippen LogP contribution in [-0.4, -0.2) is 35.7 Å². The van der Waals surface area contributed by atoms with Gasteiger partial charge in [-0.1, -0.05) is 0 Å². The van der Waals surface area contributed by atoms with Crippen LogP contribution in [0, 0.1) is 13.8 Å². The molecule has 1 rings (SSSR count). The van der Waals surface area contributed by atoms with Gasteiger partial charge in [0, 0.05) is 30.6 Å². The summed E-state index contributed by atoms with van der Waals surface area (Å²) in [4.78, 5) is 6.63. The Morgan fingerprint density at radius 1 is 1.44 bits per heavy atom. The molecular weight excluding hydrogens is 220 g/mol. The number of rotatable bonds is 5. The fourth-order valence-corrected chi connectivity index (χ4v) is 2.15. The lowest BCUT2D eigenvalue weighted by Crippen LogP contribution is -2.23. The van der Waals surface area contributed by atoms with Gasteiger partial charge in [0.25, 0.3) is 0 Å². The van der Waals surface area contributed by atoms with Crippen molar-refractivity contribution < 1.29 is 5.11 Å². The van der Waals surface area contributed by atoms with Crippen LogP contribution >= 0.6 is 11.8 Å². The highest BCUT2D eigenvalue weighted by Gasteiger charge is 2.11. The molecule has 16 heavy (non-hydrogen) atoms. The van der Waals surface area contributed by atoms with Crippen molar-refractivity contribution in [3.8, 4) is 0 Å². The molecule has 0 radical (unpaired) electrons. The number of aliphatic hydroxyl groups is 1. The molecule has 0 aliphatic rings. The first kappa shape index (κ1) is 13.3. The van der Waals surface area contributed by atoms with Gasteiger partial charge in [-0.2, -0.15) is 11.8 Å². The molecule has 0 saturated heterocycles. The van der Waals surface area contributed by atoms with Gasteiger partial charge in [0.15, 0.2) is 0 Å². The third-order valence-electron chi connectivity index (χ3n) is 2.60. The Morgan fingerprint density at radius 2 is 2.12 bits per heavy atom. The zero-order valence-electron chi connectivity index (χ0n) is 10.4. The molecular formula is C12H20N2OS. The van der Waals surface area contributed by atoms with Crippen molar-refractivity contribution >= 4 is 17.6 Å². The second-order valence-corrected chi connectivity index (χ2v) is 4.94. The van der Waals surface area contributed by atoms with Crippen LogP contribution in [0.3, 0.4) is 0 Å². The van der Waals surface area contributed by atoms with Crippen LogP contribution < -0.4 is 4.90 Å². The van der Waals surface area contributed by atoms with E-state index in [1.54, 1.807) is 0 Å². The second kappa shape index (κ2) is 6.11. The summed E-state index contributed by atoms with van der Waals surface area (Å²) in [6, 6.07) is 2.01. The van der Waals surface area contributed by atoms with E-state index in [4.69, 9.17) is 0 Å². The average molecular weight is 240 g/mol. The second-order valence-electron chi connectivity index (χ2n) is 3.96. The molecule has 0 aliphatic heterocycles. The lowest BCUT2D eigenvalue weighted by molar-refractivity contribution is 0.281. The van der Waals surface area contributed by atoms with Crippen LogP contribution in [0.25, 0.3) is 0 Å². The lowest BCUT2D eigenvalue weighted by atomic mass is 10.1. The first-order valence-electron chi connectivity index (χ1n) is 5.38. The van der Waals surface area contributed by atoms with E-state index in [0.29, 0.717) is 0 Å². The van der Waals surface area contributed by atoms with Crippen molar-refractivity contribution in [2.24, 2.45) is 0 Å². The SMILES string of the molecule is CSCCN(C)c1nc(C)cc(C)c1CO. The van der Waals surface area contributed by atoms with Crippen LogP contribution in [-0.2, 0) is 6.61 Å². The minimum atomic E-state index is 0.0536. The van der Waals surface area contributed by atoms with E-state index >= 15 is 0 Å². The van der Waals surface area contributed by atoms with Crippen molar-refractivity contribution in [3.05, 3.63) is 22.9 Å². The number of aryl methyl sites for hydroxylation is 2. The Hall–Kier alpha value is -0.740. The van der Waals surface area contributed by atoms with Gasteiger partial charge in [-0.3, -0.25) is 0 Å². The zero-order chi connectivity index (χ0) is 12.1. The molecule has 4 heteroatoms. The quantitative estimate of drug-likeness (QED) is 0.854. The van der Waals surface area contributed by atoms with Gasteiger partial charge in [-0.05, 0) is 31.7 Å². The molecule has 0 bridgehead atoms. The van der Waals surface area contributed by atoms with E-state index in [2.05, 4.69) is 16.1 Å². The highest BCUT2D eigenvalue weighted by atomic mass is 32.2. The van der Waals surface area contributed by atoms with E-state index in [0.717, 1.165) is 34.9 Å². The molecule has 1 heterocycles. The summed E-state index contributed by atoms with van der Waals surface area (Å²) < 4.78 is 0. The standard InChI is InChI=1S/C12H20N2OS/c1-9-7-10(2)13-12(11(9)8-15)14(3)5-6-16-4/h7,15H,5-6,8H2,1-4H3. The van der Waals surface area contributed by atoms with Crippen LogP contribution in [0.4, 0.5) is 5.82 Å². The Balaban J connectivity index is 3.00. The van der Waals surface area contributed by atoms with Crippen LogP contribution in [0.1, 0.15) is 16.8 Å². The Bertz CT molecular complexity index is 355. The summed E-state index contributed by atoms with van der Waals surface area (Å²) in [5.41, 5.74) is 3.05. The van der Waals surface area contributed by atoms with Crippen LogP contribution in [0.2, 0.25) is 0 Å². The smallest absolute Gasteiger partial charge is 0.134 e. The number of hydrogen-bond donors (Lipinski definition) is 1. The molecule has 1 aromatic rings. The maximum atomic E-state index is 9.39. The number of aromatic nitrogens is 1. The predicted octanol–water partition coefficient (Wildman–Crippen LogP) is 1.99. The summed E-state index contributed by atoms with van der Waals surface area (Å²) in [7, 11) is 2.02. The highest BCUT2D eigenvalue weighted by Crippen LogP contribution is 2.21. The summed E-state index contributed by atoms with van der Waals surface area (Å²) in [5, 5.41) is 9.39. The van der Waals surface area contributed by atoms with E-state index in [-0.39, 0.29) is 6.61 Å². The van der Waals surface area contributed by atoms with Crippen molar-refractivity contribution in [1.82, 2.24) is 4.98 Å². The number of pyridine rings is 1. The third-order valence-corrected chi connectivity index (χ3v) is 3.19. The van der Waals surface area contributed by atoms with Crippen molar-refractivity contribution in [1.29, 1.82) is 0 Å². The topological polar surface area (TPSA) is 36.4 Å². The van der Waals surface area contributed by atoms with Gasteiger partial charge >= 0.3 is 0 Å². The lowest BCUT2D eigenvalue weighted by Gasteiger charge is -2.22. The van der Waals surface area contributed by atoms with Gasteiger partial charge in [0.1, 0.15) is 5.82 Å². The fraction of sp³-hybridized carbons (Fsp3) is 0.583. The summed E-state index contributed by atoms with van der Waals surface area (Å²) in [6.07, 6.45) is 2.09. The number of aliphatic hydroxyl groups excluding tert-OH is 1. The Labute approximate surface area is 102 Å². The van der Waals surface area contributed by atoms with Crippen molar-refractivity contribution in [2.75, 3.05) is 30.5 Å². The zero-order valence-corrected chi connectivity index (χ0v) is 11.3. The molecule has 0 atom stereocenters. The van der Waals surface area contributed by atoms with Crippen LogP contribution in [0.5, 0.6) is 0 Å². The first-order valence-corrected chi connectivity index (χ1v) is 6.77. The molecule has 0 aliphatic carbocycles. The normalized spacial score (nSPS) is 10.6. The molecule has 0 amide bonds. The number of thioether (sulfide) groups is 1. The van der Waals surface area contributed by atoms with E-state index in [9.17, 15) is 5.11 Å². The highest BCUT2D eigenvalue weighted by molar-refractivity contribution is 7.98. The summed E-state index contributed by atoms with van der Waals surface area (Å²) in [5.74, 6) is 1.98. The maximum Gasteiger partial charge on any atom is 0.134 e. The largest absolute Gasteiger partial charge is 0.392 e. The van der Waals surface area contributed by atoms with Gasteiger partial charge in [-0.25, -0.2) is 4.98 Å². The maximum absolute atomic E-state index is 9.39. The number of nitrogens with zero attached hydrogens (tertiary/aromatic N) is 2. The number of hydrogen-bond acceptors (Lipinski definition) is 4. The van der Waals surface area contributed by atoms with Crippen molar-refractivity contribution in [2.45, 2.75) is 20.5 Å². The minimum absolute atomic E-state index is 0.0536. The van der Waals surface area contributed by atoms with Gasteiger partial charge < -0.3 is 10.0 Å². The van der Waals surface area contributed by atoms with Crippen molar-refractivity contribution in [3.63, 3.8) is 0 Å². The van der Waals surface area contributed by atoms with E-state index in [1.807, 2.05) is 38.7 Å². The van der Waals surface area contributed by atoms with E-state index in [1.165, 1.54) is 0 Å². The summed E-state index contributed by atoms with van der Waals surface area (Å²) >= 11 is 1.81. The van der Waals surface area contributed by atoms with Crippen LogP contribution in [0.15, 0.2) is 6.07 Å².